The molecule has 4 rings (SSSR count). The van der Waals surface area contributed by atoms with Gasteiger partial charge in [-0.25, -0.2) is 0 Å². The summed E-state index contributed by atoms with van der Waals surface area (Å²) in [5, 5.41) is 7.07. The molecule has 150 valence electrons. The molecule has 0 N–H and O–H groups in total. The van der Waals surface area contributed by atoms with Gasteiger partial charge in [-0.2, -0.15) is 4.98 Å². The van der Waals surface area contributed by atoms with Gasteiger partial charge in [0, 0.05) is 43.8 Å². The fraction of sp³-hybridized carbons (Fsp3) is 0.318. The Labute approximate surface area is 173 Å². The lowest BCUT2D eigenvalue weighted by molar-refractivity contribution is -0.130. The van der Waals surface area contributed by atoms with Gasteiger partial charge in [0.25, 0.3) is 0 Å². The van der Waals surface area contributed by atoms with Crippen molar-refractivity contribution < 1.29 is 13.7 Å². The Hall–Kier alpha value is -2.93. The van der Waals surface area contributed by atoms with Crippen molar-refractivity contribution in [2.24, 2.45) is 0 Å². The highest BCUT2D eigenvalue weighted by Crippen LogP contribution is 2.27. The standard InChI is InChI=1S/C22H23N3O3S/c1-3-17-16(15-8-4-5-9-18(15)27-17)14-25(2)21(26)12-6-11-20-23-22(24-28-20)19-10-7-13-29-19/h4-5,7-10,13H,3,6,11-12,14H2,1-2H3. The Morgan fingerprint density at radius 3 is 2.86 bits per heavy atom. The second-order valence-electron chi connectivity index (χ2n) is 6.95. The number of hydrogen-bond acceptors (Lipinski definition) is 6. The molecule has 1 amide bonds. The third kappa shape index (κ3) is 4.24. The molecule has 3 aromatic heterocycles. The molecule has 4 aromatic rings. The minimum absolute atomic E-state index is 0.0929. The van der Waals surface area contributed by atoms with Crippen LogP contribution in [-0.4, -0.2) is 28.0 Å². The molecule has 0 aliphatic rings. The fourth-order valence-corrected chi connectivity index (χ4v) is 4.03. The lowest BCUT2D eigenvalue weighted by atomic mass is 10.1. The van der Waals surface area contributed by atoms with E-state index < -0.39 is 0 Å². The maximum atomic E-state index is 12.6. The average Bonchev–Trinajstić information content (AvgIpc) is 3.47. The van der Waals surface area contributed by atoms with E-state index in [4.69, 9.17) is 8.94 Å². The van der Waals surface area contributed by atoms with Crippen LogP contribution < -0.4 is 0 Å². The zero-order valence-electron chi connectivity index (χ0n) is 16.6. The Morgan fingerprint density at radius 2 is 2.07 bits per heavy atom. The smallest absolute Gasteiger partial charge is 0.226 e. The molecule has 7 heteroatoms. The van der Waals surface area contributed by atoms with E-state index in [1.54, 1.807) is 16.2 Å². The predicted molar refractivity (Wildman–Crippen MR) is 113 cm³/mol. The number of furan rings is 1. The average molecular weight is 410 g/mol. The molecule has 29 heavy (non-hydrogen) atoms. The molecule has 0 saturated carbocycles. The summed E-state index contributed by atoms with van der Waals surface area (Å²) in [4.78, 5) is 19.8. The van der Waals surface area contributed by atoms with Crippen molar-refractivity contribution in [1.29, 1.82) is 0 Å². The van der Waals surface area contributed by atoms with Crippen molar-refractivity contribution >= 4 is 28.2 Å². The molecule has 0 bridgehead atoms. The van der Waals surface area contributed by atoms with Crippen molar-refractivity contribution in [3.8, 4) is 10.7 Å². The number of rotatable bonds is 8. The van der Waals surface area contributed by atoms with Gasteiger partial charge in [-0.3, -0.25) is 4.79 Å². The summed E-state index contributed by atoms with van der Waals surface area (Å²) in [7, 11) is 1.84. The third-order valence-corrected chi connectivity index (χ3v) is 5.78. The maximum Gasteiger partial charge on any atom is 0.226 e. The number of hydrogen-bond donors (Lipinski definition) is 0. The topological polar surface area (TPSA) is 72.4 Å². The van der Waals surface area contributed by atoms with Gasteiger partial charge < -0.3 is 13.8 Å². The van der Waals surface area contributed by atoms with Crippen LogP contribution in [0.3, 0.4) is 0 Å². The molecule has 0 aliphatic heterocycles. The van der Waals surface area contributed by atoms with Crippen molar-refractivity contribution in [2.45, 2.75) is 39.2 Å². The highest BCUT2D eigenvalue weighted by Gasteiger charge is 2.17. The lowest BCUT2D eigenvalue weighted by Crippen LogP contribution is -2.26. The molecule has 0 spiro atoms. The number of thiophene rings is 1. The zero-order valence-corrected chi connectivity index (χ0v) is 17.4. The second kappa shape index (κ2) is 8.61. The first-order valence-corrected chi connectivity index (χ1v) is 10.6. The van der Waals surface area contributed by atoms with E-state index in [1.807, 2.05) is 48.8 Å². The summed E-state index contributed by atoms with van der Waals surface area (Å²) in [5.41, 5.74) is 1.97. The molecule has 0 fully saturated rings. The number of amides is 1. The van der Waals surface area contributed by atoms with E-state index >= 15 is 0 Å². The largest absolute Gasteiger partial charge is 0.461 e. The summed E-state index contributed by atoms with van der Waals surface area (Å²) in [6.07, 6.45) is 2.50. The van der Waals surface area contributed by atoms with Crippen LogP contribution in [0.5, 0.6) is 0 Å². The van der Waals surface area contributed by atoms with Crippen molar-refractivity contribution in [3.05, 3.63) is 59.0 Å². The van der Waals surface area contributed by atoms with Gasteiger partial charge in [0.05, 0.1) is 4.88 Å². The summed E-state index contributed by atoms with van der Waals surface area (Å²) < 4.78 is 11.2. The van der Waals surface area contributed by atoms with Crippen LogP contribution in [0.2, 0.25) is 0 Å². The molecule has 0 aliphatic carbocycles. The Balaban J connectivity index is 1.33. The molecule has 0 unspecified atom stereocenters. The van der Waals surface area contributed by atoms with E-state index in [2.05, 4.69) is 17.1 Å². The highest BCUT2D eigenvalue weighted by molar-refractivity contribution is 7.13. The Morgan fingerprint density at radius 1 is 1.21 bits per heavy atom. The van der Waals surface area contributed by atoms with Gasteiger partial charge in [-0.1, -0.05) is 36.3 Å². The molecule has 6 nitrogen and oxygen atoms in total. The Kier molecular flexibility index (Phi) is 5.76. The van der Waals surface area contributed by atoms with Crippen LogP contribution in [0.4, 0.5) is 0 Å². The van der Waals surface area contributed by atoms with Crippen LogP contribution >= 0.6 is 11.3 Å². The van der Waals surface area contributed by atoms with Gasteiger partial charge in [-0.15, -0.1) is 11.3 Å². The fourth-order valence-electron chi connectivity index (χ4n) is 3.38. The number of nitrogens with zero attached hydrogens (tertiary/aromatic N) is 3. The monoisotopic (exact) mass is 409 g/mol. The summed E-state index contributed by atoms with van der Waals surface area (Å²) >= 11 is 1.57. The number of benzene rings is 1. The van der Waals surface area contributed by atoms with Gasteiger partial charge in [0.2, 0.25) is 17.6 Å². The third-order valence-electron chi connectivity index (χ3n) is 4.92. The minimum Gasteiger partial charge on any atom is -0.461 e. The summed E-state index contributed by atoms with van der Waals surface area (Å²) in [6.45, 7) is 2.61. The predicted octanol–water partition coefficient (Wildman–Crippen LogP) is 5.09. The van der Waals surface area contributed by atoms with Gasteiger partial charge >= 0.3 is 0 Å². The number of carbonyl (C=O) groups is 1. The zero-order chi connectivity index (χ0) is 20.2. The van der Waals surface area contributed by atoms with E-state index in [0.717, 1.165) is 33.6 Å². The second-order valence-corrected chi connectivity index (χ2v) is 7.89. The first-order valence-electron chi connectivity index (χ1n) is 9.75. The highest BCUT2D eigenvalue weighted by atomic mass is 32.1. The quantitative estimate of drug-likeness (QED) is 0.405. The van der Waals surface area contributed by atoms with E-state index in [0.29, 0.717) is 37.5 Å². The van der Waals surface area contributed by atoms with Crippen LogP contribution in [0.25, 0.3) is 21.7 Å². The normalized spacial score (nSPS) is 11.2. The first-order chi connectivity index (χ1) is 14.2. The molecule has 0 atom stereocenters. The van der Waals surface area contributed by atoms with Gasteiger partial charge in [0.15, 0.2) is 0 Å². The van der Waals surface area contributed by atoms with Crippen molar-refractivity contribution in [3.63, 3.8) is 0 Å². The molecule has 0 radical (unpaired) electrons. The molecule has 3 heterocycles. The first kappa shape index (κ1) is 19.4. The van der Waals surface area contributed by atoms with Crippen LogP contribution in [0.1, 0.15) is 37.0 Å². The molecular weight excluding hydrogens is 386 g/mol. The summed E-state index contributed by atoms with van der Waals surface area (Å²) in [6, 6.07) is 11.9. The van der Waals surface area contributed by atoms with Crippen LogP contribution in [0.15, 0.2) is 50.7 Å². The summed E-state index contributed by atoms with van der Waals surface area (Å²) in [5.74, 6) is 2.21. The van der Waals surface area contributed by atoms with Gasteiger partial charge in [-0.05, 0) is 23.9 Å². The molecule has 0 saturated heterocycles. The lowest BCUT2D eigenvalue weighted by Gasteiger charge is -2.17. The number of para-hydroxylation sites is 1. The van der Waals surface area contributed by atoms with E-state index in [-0.39, 0.29) is 5.91 Å². The van der Waals surface area contributed by atoms with Gasteiger partial charge in [0.1, 0.15) is 11.3 Å². The number of carbonyl (C=O) groups excluding carboxylic acids is 1. The number of aromatic nitrogens is 2. The van der Waals surface area contributed by atoms with Crippen molar-refractivity contribution in [1.82, 2.24) is 15.0 Å². The van der Waals surface area contributed by atoms with E-state index in [9.17, 15) is 4.79 Å². The number of fused-ring (bicyclic) bond motifs is 1. The van der Waals surface area contributed by atoms with Crippen LogP contribution in [-0.2, 0) is 24.2 Å². The maximum absolute atomic E-state index is 12.6. The molecule has 1 aromatic carbocycles. The SMILES string of the molecule is CCc1oc2ccccc2c1CN(C)C(=O)CCCc1nc(-c2cccs2)no1. The van der Waals surface area contributed by atoms with Crippen molar-refractivity contribution in [2.75, 3.05) is 7.05 Å². The van der Waals surface area contributed by atoms with E-state index in [1.165, 1.54) is 0 Å². The molecular formula is C22H23N3O3S. The Bertz CT molecular complexity index is 1100. The van der Waals surface area contributed by atoms with Crippen LogP contribution in [0, 0.1) is 0 Å². The minimum atomic E-state index is 0.0929. The number of aryl methyl sites for hydroxylation is 2.